The third-order valence-electron chi connectivity index (χ3n) is 3.58. The summed E-state index contributed by atoms with van der Waals surface area (Å²) in [7, 11) is 2.23. The SMILES string of the molecule is COC(=O)c1cc(Br)c(F)c(-c2c(N)c(C(=O)OC)cc(Br)c2F)c1N. The standard InChI is InChI=1S/C16H12Br2F2N2O4/c1-25-15(23)5-3-7(17)11(19)9(13(5)21)10-12(20)8(18)4-6(14(10)22)16(24)26-2/h3-4H,21-22H2,1-2H3. The van der Waals surface area contributed by atoms with Crippen LogP contribution in [0.3, 0.4) is 0 Å². The zero-order valence-electron chi connectivity index (χ0n) is 13.5. The molecule has 0 aliphatic carbocycles. The van der Waals surface area contributed by atoms with Gasteiger partial charge in [0.15, 0.2) is 0 Å². The van der Waals surface area contributed by atoms with Crippen LogP contribution in [0, 0.1) is 11.6 Å². The second-order valence-corrected chi connectivity index (χ2v) is 6.71. The van der Waals surface area contributed by atoms with E-state index in [0.717, 1.165) is 26.4 Å². The number of halogens is 4. The first kappa shape index (κ1) is 20.1. The third-order valence-corrected chi connectivity index (χ3v) is 4.73. The predicted molar refractivity (Wildman–Crippen MR) is 98.7 cm³/mol. The van der Waals surface area contributed by atoms with Crippen molar-refractivity contribution in [3.8, 4) is 11.1 Å². The monoisotopic (exact) mass is 492 g/mol. The summed E-state index contributed by atoms with van der Waals surface area (Å²) in [6.45, 7) is 0. The fourth-order valence-electron chi connectivity index (χ4n) is 2.33. The number of carbonyl (C=O) groups is 2. The van der Waals surface area contributed by atoms with Gasteiger partial charge in [-0.05, 0) is 44.0 Å². The minimum absolute atomic E-state index is 0.166. The number of esters is 2. The highest BCUT2D eigenvalue weighted by atomic mass is 79.9. The molecule has 0 amide bonds. The number of ether oxygens (including phenoxy) is 2. The maximum absolute atomic E-state index is 14.8. The van der Waals surface area contributed by atoms with Gasteiger partial charge in [0, 0.05) is 11.1 Å². The number of nitrogen functional groups attached to an aromatic ring is 2. The number of nitrogens with two attached hydrogens (primary N) is 2. The van der Waals surface area contributed by atoms with Gasteiger partial charge in [0.2, 0.25) is 0 Å². The Morgan fingerprint density at radius 2 is 1.15 bits per heavy atom. The van der Waals surface area contributed by atoms with Crippen LogP contribution in [0.5, 0.6) is 0 Å². The van der Waals surface area contributed by atoms with Crippen LogP contribution in [0.2, 0.25) is 0 Å². The second-order valence-electron chi connectivity index (χ2n) is 5.00. The molecular formula is C16H12Br2F2N2O4. The Labute approximate surface area is 163 Å². The highest BCUT2D eigenvalue weighted by molar-refractivity contribution is 9.10. The van der Waals surface area contributed by atoms with Crippen molar-refractivity contribution in [1.82, 2.24) is 0 Å². The Morgan fingerprint density at radius 3 is 1.42 bits per heavy atom. The minimum Gasteiger partial charge on any atom is -0.465 e. The lowest BCUT2D eigenvalue weighted by atomic mass is 9.95. The van der Waals surface area contributed by atoms with E-state index in [1.165, 1.54) is 0 Å². The van der Waals surface area contributed by atoms with E-state index in [4.69, 9.17) is 11.5 Å². The molecule has 138 valence electrons. The molecule has 0 aliphatic rings. The Balaban J connectivity index is 2.97. The zero-order valence-corrected chi connectivity index (χ0v) is 16.6. The maximum Gasteiger partial charge on any atom is 0.340 e. The molecule has 0 spiro atoms. The van der Waals surface area contributed by atoms with Gasteiger partial charge in [0.05, 0.1) is 45.7 Å². The Morgan fingerprint density at radius 1 is 0.846 bits per heavy atom. The summed E-state index contributed by atoms with van der Waals surface area (Å²) >= 11 is 5.90. The molecule has 6 nitrogen and oxygen atoms in total. The van der Waals surface area contributed by atoms with Gasteiger partial charge < -0.3 is 20.9 Å². The molecule has 0 heterocycles. The van der Waals surface area contributed by atoms with E-state index in [1.54, 1.807) is 0 Å². The van der Waals surface area contributed by atoms with Crippen molar-refractivity contribution < 1.29 is 27.8 Å². The highest BCUT2D eigenvalue weighted by Crippen LogP contribution is 2.43. The summed E-state index contributed by atoms with van der Waals surface area (Å²) < 4.78 is 38.4. The topological polar surface area (TPSA) is 105 Å². The number of benzene rings is 2. The molecule has 0 fully saturated rings. The van der Waals surface area contributed by atoms with Gasteiger partial charge in [-0.1, -0.05) is 0 Å². The molecule has 10 heteroatoms. The van der Waals surface area contributed by atoms with Gasteiger partial charge in [-0.25, -0.2) is 18.4 Å². The minimum atomic E-state index is -0.963. The predicted octanol–water partition coefficient (Wildman–Crippen LogP) is 3.89. The number of hydrogen-bond donors (Lipinski definition) is 2. The van der Waals surface area contributed by atoms with Gasteiger partial charge in [-0.3, -0.25) is 0 Å². The Hall–Kier alpha value is -2.20. The molecule has 0 aromatic heterocycles. The second kappa shape index (κ2) is 7.58. The van der Waals surface area contributed by atoms with Crippen molar-refractivity contribution in [2.45, 2.75) is 0 Å². The molecule has 0 radical (unpaired) electrons. The number of rotatable bonds is 3. The van der Waals surface area contributed by atoms with Crippen LogP contribution >= 0.6 is 31.9 Å². The van der Waals surface area contributed by atoms with Crippen molar-refractivity contribution in [3.63, 3.8) is 0 Å². The average Bonchev–Trinajstić information content (AvgIpc) is 2.62. The summed E-state index contributed by atoms with van der Waals surface area (Å²) in [6, 6.07) is 2.21. The number of methoxy groups -OCH3 is 2. The molecule has 2 aromatic carbocycles. The van der Waals surface area contributed by atoms with E-state index < -0.39 is 46.1 Å². The van der Waals surface area contributed by atoms with Crippen LogP contribution < -0.4 is 11.5 Å². The number of carbonyl (C=O) groups excluding carboxylic acids is 2. The number of anilines is 2. The quantitative estimate of drug-likeness (QED) is 0.496. The smallest absolute Gasteiger partial charge is 0.340 e. The molecule has 0 unspecified atom stereocenters. The first-order chi connectivity index (χ1) is 12.1. The van der Waals surface area contributed by atoms with Crippen LogP contribution in [0.4, 0.5) is 20.2 Å². The molecule has 2 rings (SSSR count). The van der Waals surface area contributed by atoms with Crippen molar-refractivity contribution in [1.29, 1.82) is 0 Å². The van der Waals surface area contributed by atoms with E-state index in [-0.39, 0.29) is 20.1 Å². The molecule has 0 atom stereocenters. The van der Waals surface area contributed by atoms with Gasteiger partial charge >= 0.3 is 11.9 Å². The molecule has 4 N–H and O–H groups in total. The average molecular weight is 494 g/mol. The number of hydrogen-bond acceptors (Lipinski definition) is 6. The van der Waals surface area contributed by atoms with E-state index in [2.05, 4.69) is 41.3 Å². The molecular weight excluding hydrogens is 482 g/mol. The van der Waals surface area contributed by atoms with Gasteiger partial charge in [0.25, 0.3) is 0 Å². The van der Waals surface area contributed by atoms with E-state index in [0.29, 0.717) is 0 Å². The fourth-order valence-corrected chi connectivity index (χ4v) is 3.18. The Bertz CT molecular complexity index is 860. The van der Waals surface area contributed by atoms with E-state index in [1.807, 2.05) is 0 Å². The highest BCUT2D eigenvalue weighted by Gasteiger charge is 2.28. The first-order valence-corrected chi connectivity index (χ1v) is 8.46. The fraction of sp³-hybridized carbons (Fsp3) is 0.125. The summed E-state index contributed by atoms with van der Waals surface area (Å²) in [5.41, 5.74) is 9.63. The van der Waals surface area contributed by atoms with Crippen molar-refractivity contribution >= 4 is 55.2 Å². The van der Waals surface area contributed by atoms with Crippen molar-refractivity contribution in [2.24, 2.45) is 0 Å². The lowest BCUT2D eigenvalue weighted by Gasteiger charge is -2.17. The molecule has 26 heavy (non-hydrogen) atoms. The lowest BCUT2D eigenvalue weighted by molar-refractivity contribution is 0.0592. The lowest BCUT2D eigenvalue weighted by Crippen LogP contribution is -2.12. The first-order valence-electron chi connectivity index (χ1n) is 6.87. The van der Waals surface area contributed by atoms with E-state index in [9.17, 15) is 18.4 Å². The van der Waals surface area contributed by atoms with Crippen LogP contribution in [-0.4, -0.2) is 26.2 Å². The third kappa shape index (κ3) is 3.26. The van der Waals surface area contributed by atoms with E-state index >= 15 is 0 Å². The van der Waals surface area contributed by atoms with Gasteiger partial charge in [-0.15, -0.1) is 0 Å². The zero-order chi connectivity index (χ0) is 19.8. The summed E-state index contributed by atoms with van der Waals surface area (Å²) in [5.74, 6) is -3.64. The molecule has 0 saturated heterocycles. The summed E-state index contributed by atoms with van der Waals surface area (Å²) in [6.07, 6.45) is 0. The maximum atomic E-state index is 14.8. The van der Waals surface area contributed by atoms with Gasteiger partial charge in [0.1, 0.15) is 11.6 Å². The molecule has 0 saturated carbocycles. The van der Waals surface area contributed by atoms with Crippen LogP contribution in [0.1, 0.15) is 20.7 Å². The van der Waals surface area contributed by atoms with Crippen LogP contribution in [0.15, 0.2) is 21.1 Å². The summed E-state index contributed by atoms with van der Waals surface area (Å²) in [5, 5.41) is 0. The van der Waals surface area contributed by atoms with Crippen molar-refractivity contribution in [3.05, 3.63) is 43.8 Å². The van der Waals surface area contributed by atoms with Gasteiger partial charge in [-0.2, -0.15) is 0 Å². The van der Waals surface area contributed by atoms with Crippen LogP contribution in [-0.2, 0) is 9.47 Å². The van der Waals surface area contributed by atoms with Crippen LogP contribution in [0.25, 0.3) is 11.1 Å². The normalized spacial score (nSPS) is 10.5. The Kier molecular flexibility index (Phi) is 5.87. The molecule has 2 aromatic rings. The largest absolute Gasteiger partial charge is 0.465 e. The molecule has 0 bridgehead atoms. The summed E-state index contributed by atoms with van der Waals surface area (Å²) in [4.78, 5) is 23.8. The van der Waals surface area contributed by atoms with Crippen molar-refractivity contribution in [2.75, 3.05) is 25.7 Å². The molecule has 0 aliphatic heterocycles.